The Hall–Kier alpha value is -2.48. The van der Waals surface area contributed by atoms with E-state index in [1.165, 1.54) is 5.39 Å². The Morgan fingerprint density at radius 3 is 2.72 bits per heavy atom. The molecular formula is C16H11NO. The third-order valence-corrected chi connectivity index (χ3v) is 3.26. The number of hydrogen-bond acceptors (Lipinski definition) is 1. The van der Waals surface area contributed by atoms with Crippen LogP contribution in [0, 0.1) is 0 Å². The van der Waals surface area contributed by atoms with Gasteiger partial charge in [0.25, 0.3) is 0 Å². The first-order valence-electron chi connectivity index (χ1n) is 5.96. The first-order valence-corrected chi connectivity index (χ1v) is 5.96. The summed E-state index contributed by atoms with van der Waals surface area (Å²) in [5.41, 5.74) is 3.19. The van der Waals surface area contributed by atoms with Gasteiger partial charge in [-0.1, -0.05) is 18.2 Å². The van der Waals surface area contributed by atoms with E-state index in [9.17, 15) is 0 Å². The monoisotopic (exact) mass is 233 g/mol. The molecule has 0 radical (unpaired) electrons. The Kier molecular flexibility index (Phi) is 1.86. The van der Waals surface area contributed by atoms with E-state index in [-0.39, 0.29) is 0 Å². The van der Waals surface area contributed by atoms with Crippen molar-refractivity contribution >= 4 is 21.9 Å². The van der Waals surface area contributed by atoms with E-state index in [0.29, 0.717) is 0 Å². The van der Waals surface area contributed by atoms with E-state index in [0.717, 1.165) is 27.8 Å². The van der Waals surface area contributed by atoms with Gasteiger partial charge in [0.05, 0.1) is 0 Å². The minimum Gasteiger partial charge on any atom is -0.456 e. The molecule has 0 bridgehead atoms. The topological polar surface area (TPSA) is 28.9 Å². The van der Waals surface area contributed by atoms with Crippen LogP contribution < -0.4 is 0 Å². The summed E-state index contributed by atoms with van der Waals surface area (Å²) in [4.78, 5) is 3.19. The molecule has 2 aromatic heterocycles. The van der Waals surface area contributed by atoms with Crippen LogP contribution >= 0.6 is 0 Å². The van der Waals surface area contributed by atoms with E-state index in [2.05, 4.69) is 41.4 Å². The van der Waals surface area contributed by atoms with Crippen molar-refractivity contribution in [1.29, 1.82) is 0 Å². The van der Waals surface area contributed by atoms with E-state index in [1.807, 2.05) is 24.4 Å². The van der Waals surface area contributed by atoms with Gasteiger partial charge in [-0.15, -0.1) is 0 Å². The van der Waals surface area contributed by atoms with Gasteiger partial charge >= 0.3 is 0 Å². The van der Waals surface area contributed by atoms with Crippen molar-refractivity contribution in [3.05, 3.63) is 60.8 Å². The van der Waals surface area contributed by atoms with Gasteiger partial charge in [-0.05, 0) is 36.4 Å². The molecule has 2 heterocycles. The number of nitrogens with one attached hydrogen (secondary N) is 1. The summed E-state index contributed by atoms with van der Waals surface area (Å²) in [6.45, 7) is 0. The second kappa shape index (κ2) is 3.50. The Morgan fingerprint density at radius 2 is 1.78 bits per heavy atom. The highest BCUT2D eigenvalue weighted by Crippen LogP contribution is 2.29. The first kappa shape index (κ1) is 9.54. The zero-order valence-electron chi connectivity index (χ0n) is 9.68. The van der Waals surface area contributed by atoms with Crippen molar-refractivity contribution in [1.82, 2.24) is 4.98 Å². The summed E-state index contributed by atoms with van der Waals surface area (Å²) in [5, 5.41) is 2.34. The molecule has 0 aliphatic rings. The van der Waals surface area contributed by atoms with Crippen molar-refractivity contribution < 1.29 is 4.42 Å². The van der Waals surface area contributed by atoms with Gasteiger partial charge in [-0.25, -0.2) is 0 Å². The third kappa shape index (κ3) is 1.36. The Labute approximate surface area is 104 Å². The molecule has 0 amide bonds. The summed E-state index contributed by atoms with van der Waals surface area (Å²) >= 11 is 0. The summed E-state index contributed by atoms with van der Waals surface area (Å²) in [5.74, 6) is 0.916. The molecule has 0 saturated heterocycles. The number of aromatic amines is 1. The van der Waals surface area contributed by atoms with Crippen LogP contribution in [0.15, 0.2) is 65.2 Å². The molecule has 0 spiro atoms. The van der Waals surface area contributed by atoms with Crippen LogP contribution in [0.1, 0.15) is 0 Å². The van der Waals surface area contributed by atoms with E-state index < -0.39 is 0 Å². The number of rotatable bonds is 1. The lowest BCUT2D eigenvalue weighted by molar-refractivity contribution is 0.631. The molecule has 0 unspecified atom stereocenters. The van der Waals surface area contributed by atoms with Gasteiger partial charge in [0.15, 0.2) is 0 Å². The van der Waals surface area contributed by atoms with Crippen LogP contribution in [-0.2, 0) is 0 Å². The maximum Gasteiger partial charge on any atom is 0.135 e. The second-order valence-electron chi connectivity index (χ2n) is 4.43. The van der Waals surface area contributed by atoms with Crippen LogP contribution in [0.25, 0.3) is 33.2 Å². The number of fused-ring (bicyclic) bond motifs is 2. The first-order chi connectivity index (χ1) is 8.90. The average Bonchev–Trinajstić information content (AvgIpc) is 3.04. The molecule has 0 saturated carbocycles. The largest absolute Gasteiger partial charge is 0.456 e. The van der Waals surface area contributed by atoms with Gasteiger partial charge in [0.2, 0.25) is 0 Å². The number of para-hydroxylation sites is 1. The van der Waals surface area contributed by atoms with Crippen LogP contribution in [0.4, 0.5) is 0 Å². The molecule has 86 valence electrons. The summed E-state index contributed by atoms with van der Waals surface area (Å²) in [7, 11) is 0. The van der Waals surface area contributed by atoms with Gasteiger partial charge in [-0.3, -0.25) is 0 Å². The predicted octanol–water partition coefficient (Wildman–Crippen LogP) is 4.58. The minimum atomic E-state index is 0.916. The van der Waals surface area contributed by atoms with Crippen molar-refractivity contribution in [2.24, 2.45) is 0 Å². The van der Waals surface area contributed by atoms with E-state index >= 15 is 0 Å². The Balaban J connectivity index is 1.94. The van der Waals surface area contributed by atoms with Crippen molar-refractivity contribution in [3.63, 3.8) is 0 Å². The molecule has 4 rings (SSSR count). The third-order valence-electron chi connectivity index (χ3n) is 3.26. The van der Waals surface area contributed by atoms with Gasteiger partial charge in [0.1, 0.15) is 11.3 Å². The molecule has 18 heavy (non-hydrogen) atoms. The Bertz CT molecular complexity index is 805. The number of furan rings is 1. The number of hydrogen-bond donors (Lipinski definition) is 1. The van der Waals surface area contributed by atoms with E-state index in [1.54, 1.807) is 0 Å². The Morgan fingerprint density at radius 1 is 0.833 bits per heavy atom. The molecule has 0 aliphatic heterocycles. The van der Waals surface area contributed by atoms with Crippen LogP contribution in [-0.4, -0.2) is 4.98 Å². The average molecular weight is 233 g/mol. The molecule has 4 aromatic rings. The zero-order valence-corrected chi connectivity index (χ0v) is 9.68. The lowest BCUT2D eigenvalue weighted by Crippen LogP contribution is -1.73. The fourth-order valence-electron chi connectivity index (χ4n) is 2.33. The lowest BCUT2D eigenvalue weighted by atomic mass is 10.1. The van der Waals surface area contributed by atoms with Crippen LogP contribution in [0.2, 0.25) is 0 Å². The standard InChI is InChI=1S/C16H11NO/c1-2-4-15-12(3-1)10-16(18-15)13-5-6-14-11(9-13)7-8-17-14/h1-10,17H. The van der Waals surface area contributed by atoms with Crippen molar-refractivity contribution in [2.75, 3.05) is 0 Å². The quantitative estimate of drug-likeness (QED) is 0.512. The molecule has 2 aromatic carbocycles. The highest BCUT2D eigenvalue weighted by Gasteiger charge is 2.06. The molecular weight excluding hydrogens is 222 g/mol. The molecule has 0 fully saturated rings. The second-order valence-corrected chi connectivity index (χ2v) is 4.43. The fraction of sp³-hybridized carbons (Fsp3) is 0. The summed E-state index contributed by atoms with van der Waals surface area (Å²) < 4.78 is 5.87. The number of aromatic nitrogens is 1. The van der Waals surface area contributed by atoms with Gasteiger partial charge < -0.3 is 9.40 Å². The maximum absolute atomic E-state index is 5.87. The minimum absolute atomic E-state index is 0.916. The lowest BCUT2D eigenvalue weighted by Gasteiger charge is -1.96. The zero-order chi connectivity index (χ0) is 11.9. The summed E-state index contributed by atoms with van der Waals surface area (Å²) in [6.07, 6.45) is 1.95. The van der Waals surface area contributed by atoms with E-state index in [4.69, 9.17) is 4.42 Å². The van der Waals surface area contributed by atoms with Gasteiger partial charge in [0, 0.05) is 28.0 Å². The SMILES string of the molecule is c1ccc2oc(-c3ccc4[nH]ccc4c3)cc2c1. The van der Waals surface area contributed by atoms with Crippen LogP contribution in [0.5, 0.6) is 0 Å². The van der Waals surface area contributed by atoms with Gasteiger partial charge in [-0.2, -0.15) is 0 Å². The molecule has 0 aliphatic carbocycles. The summed E-state index contributed by atoms with van der Waals surface area (Å²) in [6, 6.07) is 18.5. The highest BCUT2D eigenvalue weighted by molar-refractivity contribution is 5.87. The number of H-pyrrole nitrogens is 1. The smallest absolute Gasteiger partial charge is 0.135 e. The van der Waals surface area contributed by atoms with Crippen molar-refractivity contribution in [2.45, 2.75) is 0 Å². The normalized spacial score (nSPS) is 11.3. The highest BCUT2D eigenvalue weighted by atomic mass is 16.3. The maximum atomic E-state index is 5.87. The fourth-order valence-corrected chi connectivity index (χ4v) is 2.33. The molecule has 2 heteroatoms. The molecule has 1 N–H and O–H groups in total. The van der Waals surface area contributed by atoms with Crippen molar-refractivity contribution in [3.8, 4) is 11.3 Å². The molecule has 2 nitrogen and oxygen atoms in total. The van der Waals surface area contributed by atoms with Crippen LogP contribution in [0.3, 0.4) is 0 Å². The number of benzene rings is 2. The molecule has 0 atom stereocenters. The predicted molar refractivity (Wildman–Crippen MR) is 73.5 cm³/mol.